The summed E-state index contributed by atoms with van der Waals surface area (Å²) in [4.78, 5) is 16.0. The quantitative estimate of drug-likeness (QED) is 0.723. The van der Waals surface area contributed by atoms with Gasteiger partial charge in [-0.25, -0.2) is 0 Å². The lowest BCUT2D eigenvalue weighted by atomic mass is 9.84. The molecule has 142 valence electrons. The third kappa shape index (κ3) is 3.65. The second-order valence-electron chi connectivity index (χ2n) is 7.13. The van der Waals surface area contributed by atoms with Crippen molar-refractivity contribution in [3.63, 3.8) is 0 Å². The van der Waals surface area contributed by atoms with Gasteiger partial charge in [0.05, 0.1) is 13.7 Å². The van der Waals surface area contributed by atoms with Gasteiger partial charge in [-0.1, -0.05) is 18.6 Å². The van der Waals surface area contributed by atoms with E-state index in [1.54, 1.807) is 18.9 Å². The number of fused-ring (bicyclic) bond motifs is 1. The third-order valence-corrected chi connectivity index (χ3v) is 6.25. The standard InChI is InChI=1S/C22H25NO3S/c1-25-20-13-17(15-6-8-19(27-2)9-7-15)12-18-14-23(10-11-26-21(18)20)22(24)16-4-3-5-16/h6-9,12-13,16H,3-5,10-11,14H2,1-2H3. The van der Waals surface area contributed by atoms with E-state index in [4.69, 9.17) is 9.47 Å². The average molecular weight is 384 g/mol. The second kappa shape index (κ2) is 7.85. The van der Waals surface area contributed by atoms with Crippen LogP contribution in [0.15, 0.2) is 41.3 Å². The van der Waals surface area contributed by atoms with Crippen LogP contribution in [0.2, 0.25) is 0 Å². The predicted molar refractivity (Wildman–Crippen MR) is 108 cm³/mol. The zero-order chi connectivity index (χ0) is 18.8. The van der Waals surface area contributed by atoms with Crippen LogP contribution in [0.3, 0.4) is 0 Å². The molecule has 0 N–H and O–H groups in total. The van der Waals surface area contributed by atoms with Gasteiger partial charge in [0, 0.05) is 22.9 Å². The Balaban J connectivity index is 1.68. The molecule has 0 bridgehead atoms. The molecule has 0 unspecified atom stereocenters. The summed E-state index contributed by atoms with van der Waals surface area (Å²) in [5, 5.41) is 0. The minimum absolute atomic E-state index is 0.204. The molecule has 4 nitrogen and oxygen atoms in total. The van der Waals surface area contributed by atoms with Gasteiger partial charge in [-0.05, 0) is 54.5 Å². The highest BCUT2D eigenvalue weighted by molar-refractivity contribution is 7.98. The summed E-state index contributed by atoms with van der Waals surface area (Å²) in [7, 11) is 1.67. The molecule has 1 aliphatic carbocycles. The van der Waals surface area contributed by atoms with Gasteiger partial charge in [-0.15, -0.1) is 11.8 Å². The van der Waals surface area contributed by atoms with Gasteiger partial charge in [-0.3, -0.25) is 4.79 Å². The number of rotatable bonds is 4. The summed E-state index contributed by atoms with van der Waals surface area (Å²) in [6.45, 7) is 1.71. The largest absolute Gasteiger partial charge is 0.493 e. The van der Waals surface area contributed by atoms with E-state index in [9.17, 15) is 4.79 Å². The highest BCUT2D eigenvalue weighted by atomic mass is 32.2. The molecular weight excluding hydrogens is 358 g/mol. The van der Waals surface area contributed by atoms with Gasteiger partial charge in [0.25, 0.3) is 0 Å². The van der Waals surface area contributed by atoms with Crippen molar-refractivity contribution < 1.29 is 14.3 Å². The van der Waals surface area contributed by atoms with E-state index in [1.807, 2.05) is 11.0 Å². The molecule has 1 aliphatic heterocycles. The summed E-state index contributed by atoms with van der Waals surface area (Å²) in [6, 6.07) is 12.7. The smallest absolute Gasteiger partial charge is 0.226 e. The first-order valence-electron chi connectivity index (χ1n) is 9.46. The molecule has 4 rings (SSSR count). The average Bonchev–Trinajstić information content (AvgIpc) is 2.88. The van der Waals surface area contributed by atoms with Crippen molar-refractivity contribution in [2.45, 2.75) is 30.7 Å². The van der Waals surface area contributed by atoms with Crippen molar-refractivity contribution in [1.82, 2.24) is 4.90 Å². The van der Waals surface area contributed by atoms with Crippen molar-refractivity contribution >= 4 is 17.7 Å². The number of hydrogen-bond acceptors (Lipinski definition) is 4. The number of benzene rings is 2. The molecule has 0 saturated heterocycles. The number of hydrogen-bond donors (Lipinski definition) is 0. The van der Waals surface area contributed by atoms with Crippen molar-refractivity contribution in [1.29, 1.82) is 0 Å². The molecule has 5 heteroatoms. The van der Waals surface area contributed by atoms with Crippen LogP contribution < -0.4 is 9.47 Å². The first-order valence-corrected chi connectivity index (χ1v) is 10.7. The van der Waals surface area contributed by atoms with Crippen molar-refractivity contribution in [3.05, 3.63) is 42.0 Å². The molecule has 1 heterocycles. The van der Waals surface area contributed by atoms with Crippen molar-refractivity contribution in [2.75, 3.05) is 26.5 Å². The summed E-state index contributed by atoms with van der Waals surface area (Å²) in [6.07, 6.45) is 5.29. The summed E-state index contributed by atoms with van der Waals surface area (Å²) in [5.74, 6) is 1.97. The number of carbonyl (C=O) groups excluding carboxylic acids is 1. The van der Waals surface area contributed by atoms with E-state index in [2.05, 4.69) is 36.6 Å². The van der Waals surface area contributed by atoms with Gasteiger partial charge in [-0.2, -0.15) is 0 Å². The molecule has 2 aromatic rings. The monoisotopic (exact) mass is 383 g/mol. The van der Waals surface area contributed by atoms with Crippen LogP contribution in [-0.2, 0) is 11.3 Å². The Morgan fingerprint density at radius 1 is 1.19 bits per heavy atom. The lowest BCUT2D eigenvalue weighted by Crippen LogP contribution is -2.39. The predicted octanol–water partition coefficient (Wildman–Crippen LogP) is 4.61. The Morgan fingerprint density at radius 2 is 1.96 bits per heavy atom. The normalized spacial score (nSPS) is 16.7. The molecule has 1 saturated carbocycles. The zero-order valence-electron chi connectivity index (χ0n) is 15.9. The number of amides is 1. The van der Waals surface area contributed by atoms with Crippen LogP contribution in [0.1, 0.15) is 24.8 Å². The molecule has 27 heavy (non-hydrogen) atoms. The molecule has 0 atom stereocenters. The second-order valence-corrected chi connectivity index (χ2v) is 8.01. The molecule has 0 spiro atoms. The van der Waals surface area contributed by atoms with Crippen molar-refractivity contribution in [2.24, 2.45) is 5.92 Å². The number of methoxy groups -OCH3 is 1. The number of carbonyl (C=O) groups is 1. The van der Waals surface area contributed by atoms with E-state index in [0.717, 1.165) is 41.0 Å². The van der Waals surface area contributed by atoms with E-state index in [0.29, 0.717) is 19.7 Å². The number of ether oxygens (including phenoxy) is 2. The Kier molecular flexibility index (Phi) is 5.30. The molecule has 2 aromatic carbocycles. The molecule has 1 amide bonds. The lowest BCUT2D eigenvalue weighted by Gasteiger charge is -2.30. The minimum atomic E-state index is 0.204. The number of nitrogens with zero attached hydrogens (tertiary/aromatic N) is 1. The lowest BCUT2D eigenvalue weighted by molar-refractivity contribution is -0.138. The SMILES string of the molecule is COc1cc(-c2ccc(SC)cc2)cc2c1OCCN(C(=O)C1CCC1)C2. The van der Waals surface area contributed by atoms with Crippen LogP contribution in [0.5, 0.6) is 11.5 Å². The first kappa shape index (κ1) is 18.2. The Labute approximate surface area is 164 Å². The summed E-state index contributed by atoms with van der Waals surface area (Å²) < 4.78 is 11.6. The zero-order valence-corrected chi connectivity index (χ0v) is 16.7. The Bertz CT molecular complexity index is 830. The maximum atomic E-state index is 12.8. The van der Waals surface area contributed by atoms with Gasteiger partial charge in [0.15, 0.2) is 11.5 Å². The van der Waals surface area contributed by atoms with Crippen molar-refractivity contribution in [3.8, 4) is 22.6 Å². The molecule has 1 fully saturated rings. The van der Waals surface area contributed by atoms with E-state index < -0.39 is 0 Å². The number of thioether (sulfide) groups is 1. The van der Waals surface area contributed by atoms with Crippen LogP contribution >= 0.6 is 11.8 Å². The fourth-order valence-electron chi connectivity index (χ4n) is 3.69. The first-order chi connectivity index (χ1) is 13.2. The minimum Gasteiger partial charge on any atom is -0.493 e. The fraction of sp³-hybridized carbons (Fsp3) is 0.409. The van der Waals surface area contributed by atoms with E-state index >= 15 is 0 Å². The van der Waals surface area contributed by atoms with Gasteiger partial charge in [0.1, 0.15) is 6.61 Å². The summed E-state index contributed by atoms with van der Waals surface area (Å²) in [5.41, 5.74) is 3.23. The topological polar surface area (TPSA) is 38.8 Å². The highest BCUT2D eigenvalue weighted by Gasteiger charge is 2.31. The van der Waals surface area contributed by atoms with Gasteiger partial charge >= 0.3 is 0 Å². The molecule has 0 radical (unpaired) electrons. The van der Waals surface area contributed by atoms with Crippen LogP contribution in [0, 0.1) is 5.92 Å². The van der Waals surface area contributed by atoms with Crippen LogP contribution in [-0.4, -0.2) is 37.3 Å². The van der Waals surface area contributed by atoms with Crippen LogP contribution in [0.4, 0.5) is 0 Å². The summed E-state index contributed by atoms with van der Waals surface area (Å²) >= 11 is 1.73. The Hall–Kier alpha value is -2.14. The van der Waals surface area contributed by atoms with Crippen LogP contribution in [0.25, 0.3) is 11.1 Å². The molecule has 2 aliphatic rings. The molecule has 0 aromatic heterocycles. The van der Waals surface area contributed by atoms with Gasteiger partial charge < -0.3 is 14.4 Å². The fourth-order valence-corrected chi connectivity index (χ4v) is 4.10. The van der Waals surface area contributed by atoms with Gasteiger partial charge in [0.2, 0.25) is 5.91 Å². The highest BCUT2D eigenvalue weighted by Crippen LogP contribution is 2.39. The Morgan fingerprint density at radius 3 is 2.59 bits per heavy atom. The molecular formula is C22H25NO3S. The maximum absolute atomic E-state index is 12.8. The third-order valence-electron chi connectivity index (χ3n) is 5.51. The maximum Gasteiger partial charge on any atom is 0.226 e. The van der Waals surface area contributed by atoms with E-state index in [1.165, 1.54) is 11.3 Å². The van der Waals surface area contributed by atoms with E-state index in [-0.39, 0.29) is 11.8 Å².